The molecule has 4 heteroatoms. The Kier molecular flexibility index (Phi) is 8.31. The fourth-order valence-corrected chi connectivity index (χ4v) is 10.0. The van der Waals surface area contributed by atoms with E-state index in [1.807, 2.05) is 0 Å². The van der Waals surface area contributed by atoms with E-state index in [9.17, 15) is 0 Å². The van der Waals surface area contributed by atoms with Crippen LogP contribution in [0.15, 0.2) is 188 Å². The van der Waals surface area contributed by atoms with Crippen LogP contribution in [0.1, 0.15) is 42.3 Å². The van der Waals surface area contributed by atoms with Gasteiger partial charge in [0, 0.05) is 16.3 Å². The van der Waals surface area contributed by atoms with Gasteiger partial charge in [0.15, 0.2) is 0 Å². The molecule has 2 aliphatic rings. The van der Waals surface area contributed by atoms with Gasteiger partial charge in [0.2, 0.25) is 0 Å². The second-order valence-corrected chi connectivity index (χ2v) is 16.5. The Hall–Kier alpha value is -7.56. The standard InChI is InChI=1S/C57H42N4/c1-37-17-8-9-23-42(37)57-59-50-28-11-13-30-54(50)61(57)52-32-16-26-46-48(52)36-47-45(55(46)44-24-14-22-41-35-40(33-34-43(41)44)38-18-4-2-5-19-38)25-15-31-51(47)60-53-29-12-10-27-49(53)58-56(60)39-20-6-3-7-21-39/h2-16,18-32,35-37H,17,33-34H2,1H3. The van der Waals surface area contributed by atoms with Crippen LogP contribution in [0.2, 0.25) is 0 Å². The number of allylic oxidation sites excluding steroid dienone is 5. The number of aromatic nitrogens is 4. The topological polar surface area (TPSA) is 35.6 Å². The van der Waals surface area contributed by atoms with Crippen molar-refractivity contribution in [1.29, 1.82) is 0 Å². The number of para-hydroxylation sites is 4. The highest BCUT2D eigenvalue weighted by Gasteiger charge is 2.26. The second-order valence-electron chi connectivity index (χ2n) is 16.5. The fraction of sp³-hybridized carbons (Fsp3) is 0.0877. The molecule has 61 heavy (non-hydrogen) atoms. The third-order valence-corrected chi connectivity index (χ3v) is 12.9. The molecule has 0 spiro atoms. The minimum Gasteiger partial charge on any atom is -0.292 e. The first-order valence-corrected chi connectivity index (χ1v) is 21.4. The van der Waals surface area contributed by atoms with E-state index in [0.29, 0.717) is 5.92 Å². The number of fused-ring (bicyclic) bond motifs is 5. The van der Waals surface area contributed by atoms with E-state index in [1.54, 1.807) is 0 Å². The average Bonchev–Trinajstić information content (AvgIpc) is 3.90. The van der Waals surface area contributed by atoms with Crippen LogP contribution in [-0.4, -0.2) is 19.1 Å². The van der Waals surface area contributed by atoms with Gasteiger partial charge in [-0.2, -0.15) is 0 Å². The molecule has 0 fully saturated rings. The summed E-state index contributed by atoms with van der Waals surface area (Å²) in [6.45, 7) is 2.32. The van der Waals surface area contributed by atoms with Crippen molar-refractivity contribution < 1.29 is 0 Å². The van der Waals surface area contributed by atoms with E-state index in [4.69, 9.17) is 9.97 Å². The van der Waals surface area contributed by atoms with Gasteiger partial charge in [-0.05, 0) is 117 Å². The molecule has 0 N–H and O–H groups in total. The maximum absolute atomic E-state index is 5.38. The molecule has 0 radical (unpaired) electrons. The first-order valence-electron chi connectivity index (χ1n) is 21.4. The van der Waals surface area contributed by atoms with Crippen LogP contribution in [0.5, 0.6) is 0 Å². The summed E-state index contributed by atoms with van der Waals surface area (Å²) in [6.07, 6.45) is 12.1. The summed E-state index contributed by atoms with van der Waals surface area (Å²) in [7, 11) is 0. The molecule has 1 unspecified atom stereocenters. The van der Waals surface area contributed by atoms with E-state index in [1.165, 1.54) is 60.5 Å². The van der Waals surface area contributed by atoms with Gasteiger partial charge in [-0.3, -0.25) is 9.13 Å². The van der Waals surface area contributed by atoms with Gasteiger partial charge in [-0.25, -0.2) is 9.97 Å². The van der Waals surface area contributed by atoms with Crippen molar-refractivity contribution in [3.8, 4) is 33.9 Å². The molecule has 12 rings (SSSR count). The quantitative estimate of drug-likeness (QED) is 0.158. The van der Waals surface area contributed by atoms with Crippen molar-refractivity contribution in [3.63, 3.8) is 0 Å². The van der Waals surface area contributed by atoms with Crippen LogP contribution < -0.4 is 0 Å². The Morgan fingerprint density at radius 2 is 1.11 bits per heavy atom. The van der Waals surface area contributed by atoms with Crippen LogP contribution >= 0.6 is 0 Å². The lowest BCUT2D eigenvalue weighted by atomic mass is 9.82. The molecule has 2 heterocycles. The Bertz CT molecular complexity index is 3450. The first-order chi connectivity index (χ1) is 30.2. The smallest absolute Gasteiger partial charge is 0.145 e. The van der Waals surface area contributed by atoms with Gasteiger partial charge < -0.3 is 0 Å². The van der Waals surface area contributed by atoms with Crippen molar-refractivity contribution >= 4 is 60.8 Å². The van der Waals surface area contributed by atoms with E-state index < -0.39 is 0 Å². The van der Waals surface area contributed by atoms with Crippen molar-refractivity contribution in [2.75, 3.05) is 0 Å². The summed E-state index contributed by atoms with van der Waals surface area (Å²) in [4.78, 5) is 10.7. The van der Waals surface area contributed by atoms with E-state index in [0.717, 1.165) is 69.9 Å². The lowest BCUT2D eigenvalue weighted by Crippen LogP contribution is -2.08. The van der Waals surface area contributed by atoms with Gasteiger partial charge in [0.1, 0.15) is 11.6 Å². The molecule has 2 aromatic heterocycles. The summed E-state index contributed by atoms with van der Waals surface area (Å²) in [5.41, 5.74) is 16.6. The predicted molar refractivity (Wildman–Crippen MR) is 255 cm³/mol. The summed E-state index contributed by atoms with van der Waals surface area (Å²) in [5.74, 6) is 2.27. The normalized spacial score (nSPS) is 15.1. The highest BCUT2D eigenvalue weighted by molar-refractivity contribution is 6.17. The lowest BCUT2D eigenvalue weighted by molar-refractivity contribution is 0.746. The summed E-state index contributed by atoms with van der Waals surface area (Å²) in [5, 5.41) is 4.79. The number of rotatable bonds is 6. The molecule has 290 valence electrons. The lowest BCUT2D eigenvalue weighted by Gasteiger charge is -2.24. The number of hydrogen-bond donors (Lipinski definition) is 0. The minimum absolute atomic E-state index is 0.342. The molecule has 0 bridgehead atoms. The van der Waals surface area contributed by atoms with E-state index in [2.05, 4.69) is 210 Å². The number of benzene rings is 8. The third-order valence-electron chi connectivity index (χ3n) is 12.9. The second kappa shape index (κ2) is 14.3. The molecule has 10 aromatic rings. The summed E-state index contributed by atoms with van der Waals surface area (Å²) in [6, 6.07) is 61.6. The highest BCUT2D eigenvalue weighted by Crippen LogP contribution is 2.46. The van der Waals surface area contributed by atoms with Crippen LogP contribution in [0.3, 0.4) is 0 Å². The molecule has 1 atom stereocenters. The van der Waals surface area contributed by atoms with Crippen LogP contribution in [0.25, 0.3) is 94.7 Å². The third kappa shape index (κ3) is 5.74. The predicted octanol–water partition coefficient (Wildman–Crippen LogP) is 14.5. The monoisotopic (exact) mass is 782 g/mol. The zero-order valence-electron chi connectivity index (χ0n) is 34.0. The molecule has 0 aliphatic heterocycles. The Morgan fingerprint density at radius 1 is 0.525 bits per heavy atom. The Balaban J connectivity index is 1.21. The summed E-state index contributed by atoms with van der Waals surface area (Å²) < 4.78 is 4.80. The zero-order chi connectivity index (χ0) is 40.4. The molecule has 0 amide bonds. The van der Waals surface area contributed by atoms with Gasteiger partial charge in [0.05, 0.1) is 33.4 Å². The highest BCUT2D eigenvalue weighted by atomic mass is 15.1. The maximum Gasteiger partial charge on any atom is 0.145 e. The SMILES string of the molecule is CC1CC=CC=C1c1nc2ccccc2n1-c1cccc2c(-c3cccc4c3CCC(c3ccccc3)=C4)c3cccc(-n4c(-c5ccccc5)nc5ccccc54)c3cc12. The van der Waals surface area contributed by atoms with Crippen LogP contribution in [0, 0.1) is 5.92 Å². The van der Waals surface area contributed by atoms with Crippen molar-refractivity contribution in [3.05, 3.63) is 211 Å². The molecule has 4 nitrogen and oxygen atoms in total. The molecule has 0 saturated heterocycles. The zero-order valence-corrected chi connectivity index (χ0v) is 34.0. The molecule has 0 saturated carbocycles. The van der Waals surface area contributed by atoms with Crippen molar-refractivity contribution in [2.24, 2.45) is 5.92 Å². The van der Waals surface area contributed by atoms with Crippen molar-refractivity contribution in [1.82, 2.24) is 19.1 Å². The molecular weight excluding hydrogens is 741 g/mol. The Labute approximate surface area is 355 Å². The van der Waals surface area contributed by atoms with Gasteiger partial charge in [-0.15, -0.1) is 0 Å². The number of nitrogens with zero attached hydrogens (tertiary/aromatic N) is 4. The minimum atomic E-state index is 0.342. The van der Waals surface area contributed by atoms with Gasteiger partial charge in [-0.1, -0.05) is 159 Å². The maximum atomic E-state index is 5.38. The number of imidazole rings is 2. The Morgan fingerprint density at radius 3 is 1.79 bits per heavy atom. The van der Waals surface area contributed by atoms with E-state index >= 15 is 0 Å². The van der Waals surface area contributed by atoms with Crippen LogP contribution in [-0.2, 0) is 6.42 Å². The first kappa shape index (κ1) is 35.4. The fourth-order valence-electron chi connectivity index (χ4n) is 10.0. The van der Waals surface area contributed by atoms with Crippen molar-refractivity contribution in [2.45, 2.75) is 26.2 Å². The van der Waals surface area contributed by atoms with Gasteiger partial charge >= 0.3 is 0 Å². The van der Waals surface area contributed by atoms with Gasteiger partial charge in [0.25, 0.3) is 0 Å². The van der Waals surface area contributed by atoms with E-state index in [-0.39, 0.29) is 0 Å². The molecule has 8 aromatic carbocycles. The average molecular weight is 783 g/mol. The number of hydrogen-bond acceptors (Lipinski definition) is 2. The summed E-state index contributed by atoms with van der Waals surface area (Å²) >= 11 is 0. The molecular formula is C57H42N4. The van der Waals surface area contributed by atoms with Crippen LogP contribution in [0.4, 0.5) is 0 Å². The molecule has 2 aliphatic carbocycles. The largest absolute Gasteiger partial charge is 0.292 e.